The number of piperidine rings is 1. The molecule has 1 heterocycles. The third-order valence-corrected chi connectivity index (χ3v) is 3.67. The third kappa shape index (κ3) is 2.28. The second-order valence-electron chi connectivity index (χ2n) is 5.03. The Labute approximate surface area is 96.4 Å². The molecule has 1 saturated heterocycles. The van der Waals surface area contributed by atoms with Crippen LogP contribution in [-0.2, 0) is 0 Å². The van der Waals surface area contributed by atoms with Crippen molar-refractivity contribution in [2.75, 3.05) is 6.54 Å². The van der Waals surface area contributed by atoms with E-state index in [-0.39, 0.29) is 36.2 Å². The van der Waals surface area contributed by atoms with Gasteiger partial charge in [-0.1, -0.05) is 20.3 Å². The standard InChI is InChI=1S/C11H19F2N.ClH/c1-7(2)9-10(11(9,12)13)8-5-3-4-6-14-8;/h7-10,14H,3-6H2,1-2H3;1H. The quantitative estimate of drug-likeness (QED) is 0.781. The van der Waals surface area contributed by atoms with E-state index in [1.54, 1.807) is 0 Å². The van der Waals surface area contributed by atoms with Gasteiger partial charge in [0.05, 0.1) is 0 Å². The average Bonchev–Trinajstić information content (AvgIpc) is 2.71. The van der Waals surface area contributed by atoms with Gasteiger partial charge in [0.1, 0.15) is 0 Å². The smallest absolute Gasteiger partial charge is 0.256 e. The molecule has 15 heavy (non-hydrogen) atoms. The minimum absolute atomic E-state index is 0. The van der Waals surface area contributed by atoms with Gasteiger partial charge >= 0.3 is 0 Å². The molecular weight excluding hydrogens is 220 g/mol. The van der Waals surface area contributed by atoms with E-state index in [4.69, 9.17) is 0 Å². The van der Waals surface area contributed by atoms with Gasteiger partial charge in [-0.15, -0.1) is 12.4 Å². The van der Waals surface area contributed by atoms with Gasteiger partial charge in [0.25, 0.3) is 5.92 Å². The Kier molecular flexibility index (Phi) is 3.99. The van der Waals surface area contributed by atoms with Gasteiger partial charge in [0.2, 0.25) is 0 Å². The Morgan fingerprint density at radius 2 is 1.93 bits per heavy atom. The van der Waals surface area contributed by atoms with Crippen molar-refractivity contribution in [3.63, 3.8) is 0 Å². The molecule has 0 radical (unpaired) electrons. The number of nitrogens with one attached hydrogen (secondary N) is 1. The number of rotatable bonds is 2. The van der Waals surface area contributed by atoms with Gasteiger partial charge in [0, 0.05) is 17.9 Å². The largest absolute Gasteiger partial charge is 0.313 e. The highest BCUT2D eigenvalue weighted by Crippen LogP contribution is 2.61. The van der Waals surface area contributed by atoms with Crippen molar-refractivity contribution in [1.82, 2.24) is 5.32 Å². The van der Waals surface area contributed by atoms with Crippen LogP contribution < -0.4 is 5.32 Å². The second kappa shape index (κ2) is 4.54. The molecule has 0 spiro atoms. The van der Waals surface area contributed by atoms with Crippen molar-refractivity contribution >= 4 is 12.4 Å². The van der Waals surface area contributed by atoms with Gasteiger partial charge in [-0.25, -0.2) is 8.78 Å². The highest BCUT2D eigenvalue weighted by atomic mass is 35.5. The number of alkyl halides is 2. The molecule has 0 aromatic heterocycles. The molecule has 4 heteroatoms. The fourth-order valence-corrected chi connectivity index (χ4v) is 2.94. The Bertz CT molecular complexity index is 215. The van der Waals surface area contributed by atoms with Crippen LogP contribution in [-0.4, -0.2) is 18.5 Å². The maximum atomic E-state index is 13.5. The molecule has 1 saturated carbocycles. The molecule has 1 aliphatic carbocycles. The van der Waals surface area contributed by atoms with Crippen LogP contribution >= 0.6 is 12.4 Å². The van der Waals surface area contributed by atoms with Crippen molar-refractivity contribution in [3.05, 3.63) is 0 Å². The highest BCUT2D eigenvalue weighted by Gasteiger charge is 2.71. The number of hydrogen-bond acceptors (Lipinski definition) is 1. The van der Waals surface area contributed by atoms with Gasteiger partial charge in [-0.3, -0.25) is 0 Å². The van der Waals surface area contributed by atoms with E-state index in [1.165, 1.54) is 0 Å². The molecule has 3 atom stereocenters. The number of halogens is 3. The fraction of sp³-hybridized carbons (Fsp3) is 1.00. The van der Waals surface area contributed by atoms with E-state index in [2.05, 4.69) is 5.32 Å². The zero-order valence-electron chi connectivity index (χ0n) is 9.30. The maximum absolute atomic E-state index is 13.5. The van der Waals surface area contributed by atoms with E-state index in [1.807, 2.05) is 13.8 Å². The summed E-state index contributed by atoms with van der Waals surface area (Å²) in [5.74, 6) is -3.05. The Hall–Kier alpha value is 0.110. The molecule has 2 aliphatic rings. The molecule has 2 rings (SSSR count). The van der Waals surface area contributed by atoms with Gasteiger partial charge in [0.15, 0.2) is 0 Å². The summed E-state index contributed by atoms with van der Waals surface area (Å²) in [6, 6.07) is 0.0751. The molecule has 1 N–H and O–H groups in total. The van der Waals surface area contributed by atoms with Gasteiger partial charge in [-0.05, 0) is 25.3 Å². The Morgan fingerprint density at radius 1 is 1.27 bits per heavy atom. The second-order valence-corrected chi connectivity index (χ2v) is 5.03. The molecule has 3 unspecified atom stereocenters. The van der Waals surface area contributed by atoms with E-state index in [0.29, 0.717) is 0 Å². The Balaban J connectivity index is 0.00000112. The topological polar surface area (TPSA) is 12.0 Å². The van der Waals surface area contributed by atoms with Crippen molar-refractivity contribution < 1.29 is 8.78 Å². The fourth-order valence-electron chi connectivity index (χ4n) is 2.94. The summed E-state index contributed by atoms with van der Waals surface area (Å²) in [7, 11) is 0. The van der Waals surface area contributed by atoms with Crippen molar-refractivity contribution in [3.8, 4) is 0 Å². The predicted octanol–water partition coefficient (Wildman–Crippen LogP) is 3.09. The molecule has 0 aromatic carbocycles. The van der Waals surface area contributed by atoms with Crippen LogP contribution in [0.25, 0.3) is 0 Å². The summed E-state index contributed by atoms with van der Waals surface area (Å²) in [5.41, 5.74) is 0. The van der Waals surface area contributed by atoms with Crippen LogP contribution in [0.4, 0.5) is 8.78 Å². The first-order valence-corrected chi connectivity index (χ1v) is 5.66. The van der Waals surface area contributed by atoms with Crippen LogP contribution in [0.1, 0.15) is 33.1 Å². The molecule has 2 fully saturated rings. The first-order chi connectivity index (χ1) is 6.55. The lowest BCUT2D eigenvalue weighted by atomic mass is 9.97. The summed E-state index contributed by atoms with van der Waals surface area (Å²) in [6.07, 6.45) is 3.18. The van der Waals surface area contributed by atoms with Crippen LogP contribution in [0.15, 0.2) is 0 Å². The van der Waals surface area contributed by atoms with Gasteiger partial charge < -0.3 is 5.32 Å². The highest BCUT2D eigenvalue weighted by molar-refractivity contribution is 5.85. The summed E-state index contributed by atoms with van der Waals surface area (Å²) < 4.78 is 26.9. The van der Waals surface area contributed by atoms with Crippen LogP contribution in [0, 0.1) is 17.8 Å². The van der Waals surface area contributed by atoms with Crippen LogP contribution in [0.5, 0.6) is 0 Å². The van der Waals surface area contributed by atoms with E-state index in [9.17, 15) is 8.78 Å². The first kappa shape index (κ1) is 13.2. The first-order valence-electron chi connectivity index (χ1n) is 5.66. The van der Waals surface area contributed by atoms with Crippen LogP contribution in [0.2, 0.25) is 0 Å². The normalized spacial score (nSPS) is 38.6. The van der Waals surface area contributed by atoms with E-state index >= 15 is 0 Å². The minimum atomic E-state index is -2.40. The van der Waals surface area contributed by atoms with Crippen molar-refractivity contribution in [2.24, 2.45) is 17.8 Å². The van der Waals surface area contributed by atoms with Crippen LogP contribution in [0.3, 0.4) is 0 Å². The lowest BCUT2D eigenvalue weighted by Gasteiger charge is -2.23. The molecule has 0 aromatic rings. The van der Waals surface area contributed by atoms with Crippen molar-refractivity contribution in [1.29, 1.82) is 0 Å². The van der Waals surface area contributed by atoms with Crippen molar-refractivity contribution in [2.45, 2.75) is 45.1 Å². The zero-order valence-corrected chi connectivity index (χ0v) is 10.1. The molecule has 1 aliphatic heterocycles. The number of hydrogen-bond donors (Lipinski definition) is 1. The lowest BCUT2D eigenvalue weighted by molar-refractivity contribution is 0.0694. The van der Waals surface area contributed by atoms with E-state index in [0.717, 1.165) is 25.8 Å². The summed E-state index contributed by atoms with van der Waals surface area (Å²) in [4.78, 5) is 0. The molecule has 1 nitrogen and oxygen atoms in total. The zero-order chi connectivity index (χ0) is 10.3. The van der Waals surface area contributed by atoms with Gasteiger partial charge in [-0.2, -0.15) is 0 Å². The predicted molar refractivity (Wildman–Crippen MR) is 59.7 cm³/mol. The molecule has 0 amide bonds. The van der Waals surface area contributed by atoms with E-state index < -0.39 is 5.92 Å². The SMILES string of the molecule is CC(C)C1C(C2CCCCN2)C1(F)F.Cl. The summed E-state index contributed by atoms with van der Waals surface area (Å²) in [6.45, 7) is 4.73. The molecule has 0 bridgehead atoms. The monoisotopic (exact) mass is 239 g/mol. The minimum Gasteiger partial charge on any atom is -0.313 e. The molecular formula is C11H20ClF2N. The lowest BCUT2D eigenvalue weighted by Crippen LogP contribution is -2.37. The average molecular weight is 240 g/mol. The molecule has 90 valence electrons. The summed E-state index contributed by atoms with van der Waals surface area (Å²) >= 11 is 0. The maximum Gasteiger partial charge on any atom is 0.256 e. The Morgan fingerprint density at radius 3 is 2.33 bits per heavy atom. The summed E-state index contributed by atoms with van der Waals surface area (Å²) in [5, 5.41) is 3.24. The third-order valence-electron chi connectivity index (χ3n) is 3.67.